The van der Waals surface area contributed by atoms with E-state index in [0.717, 1.165) is 23.6 Å². The van der Waals surface area contributed by atoms with Gasteiger partial charge in [0, 0.05) is 31.2 Å². The lowest BCUT2D eigenvalue weighted by molar-refractivity contribution is -0.132. The van der Waals surface area contributed by atoms with Gasteiger partial charge in [0.15, 0.2) is 0 Å². The molecule has 1 unspecified atom stereocenters. The molecular weight excluding hydrogens is 302 g/mol. The van der Waals surface area contributed by atoms with Gasteiger partial charge in [0.2, 0.25) is 5.91 Å². The molecule has 124 valence electrons. The largest absolute Gasteiger partial charge is 0.352 e. The molecule has 0 bridgehead atoms. The third kappa shape index (κ3) is 3.45. The molecule has 0 aromatic heterocycles. The summed E-state index contributed by atoms with van der Waals surface area (Å²) in [6.07, 6.45) is 3.73. The van der Waals surface area contributed by atoms with Crippen LogP contribution in [0.2, 0.25) is 0 Å². The predicted molar refractivity (Wildman–Crippen MR) is 94.9 cm³/mol. The number of hydrogen-bond acceptors (Lipinski definition) is 3. The van der Waals surface area contributed by atoms with Gasteiger partial charge < -0.3 is 5.32 Å². The zero-order valence-electron chi connectivity index (χ0n) is 13.7. The van der Waals surface area contributed by atoms with Crippen LogP contribution in [0.5, 0.6) is 0 Å². The Morgan fingerprint density at radius 1 is 1.21 bits per heavy atom. The van der Waals surface area contributed by atoms with E-state index in [9.17, 15) is 9.59 Å². The molecule has 0 fully saturated rings. The van der Waals surface area contributed by atoms with Crippen molar-refractivity contribution in [1.29, 1.82) is 0 Å². The second-order valence-corrected chi connectivity index (χ2v) is 5.90. The number of nitrogens with one attached hydrogen (secondary N) is 1. The van der Waals surface area contributed by atoms with E-state index in [1.165, 1.54) is 0 Å². The maximum atomic E-state index is 12.2. The van der Waals surface area contributed by atoms with Crippen molar-refractivity contribution in [2.24, 2.45) is 5.10 Å². The van der Waals surface area contributed by atoms with Crippen molar-refractivity contribution in [1.82, 2.24) is 10.3 Å². The predicted octanol–water partition coefficient (Wildman–Crippen LogP) is 2.96. The van der Waals surface area contributed by atoms with Crippen molar-refractivity contribution >= 4 is 28.8 Å². The summed E-state index contributed by atoms with van der Waals surface area (Å²) in [7, 11) is 0. The molecule has 0 aliphatic carbocycles. The van der Waals surface area contributed by atoms with Crippen molar-refractivity contribution in [3.63, 3.8) is 0 Å². The highest BCUT2D eigenvalue weighted by Gasteiger charge is 2.24. The first-order chi connectivity index (χ1) is 11.7. The number of fused-ring (bicyclic) bond motifs is 1. The van der Waals surface area contributed by atoms with Gasteiger partial charge in [-0.1, -0.05) is 37.3 Å². The van der Waals surface area contributed by atoms with Crippen LogP contribution in [0.4, 0.5) is 0 Å². The minimum atomic E-state index is -0.162. The molecule has 1 aliphatic rings. The van der Waals surface area contributed by atoms with E-state index < -0.39 is 0 Å². The highest BCUT2D eigenvalue weighted by Crippen LogP contribution is 2.16. The second-order valence-electron chi connectivity index (χ2n) is 5.90. The van der Waals surface area contributed by atoms with E-state index in [2.05, 4.69) is 10.4 Å². The van der Waals surface area contributed by atoms with Gasteiger partial charge >= 0.3 is 0 Å². The average Bonchev–Trinajstić information content (AvgIpc) is 3.10. The smallest absolute Gasteiger partial charge is 0.251 e. The fourth-order valence-corrected chi connectivity index (χ4v) is 2.89. The molecule has 5 heteroatoms. The highest BCUT2D eigenvalue weighted by atomic mass is 16.2. The Morgan fingerprint density at radius 2 is 2.00 bits per heavy atom. The van der Waals surface area contributed by atoms with E-state index in [-0.39, 0.29) is 24.3 Å². The molecule has 3 rings (SSSR count). The third-order valence-corrected chi connectivity index (χ3v) is 4.29. The first-order valence-electron chi connectivity index (χ1n) is 8.30. The zero-order valence-corrected chi connectivity index (χ0v) is 13.7. The standard InChI is InChI=1S/C19H21N3O2/c1-2-17-9-12-21-22(17)18(23)10-11-20-19(24)16-8-7-14-5-3-4-6-15(14)13-16/h3-8,12-13,17H,2,9-11H2,1H3,(H,20,24). The van der Waals surface area contributed by atoms with Gasteiger partial charge in [0.25, 0.3) is 5.91 Å². The molecule has 0 saturated heterocycles. The Morgan fingerprint density at radius 3 is 2.79 bits per heavy atom. The van der Waals surface area contributed by atoms with Gasteiger partial charge in [-0.15, -0.1) is 0 Å². The minimum Gasteiger partial charge on any atom is -0.352 e. The Hall–Kier alpha value is -2.69. The molecule has 5 nitrogen and oxygen atoms in total. The lowest BCUT2D eigenvalue weighted by Crippen LogP contribution is -2.35. The van der Waals surface area contributed by atoms with Crippen molar-refractivity contribution in [3.8, 4) is 0 Å². The van der Waals surface area contributed by atoms with Gasteiger partial charge in [-0.25, -0.2) is 5.01 Å². The Bertz CT molecular complexity index is 785. The first kappa shape index (κ1) is 16.2. The average molecular weight is 323 g/mol. The van der Waals surface area contributed by atoms with E-state index in [1.807, 2.05) is 43.3 Å². The first-order valence-corrected chi connectivity index (χ1v) is 8.30. The van der Waals surface area contributed by atoms with E-state index in [4.69, 9.17) is 0 Å². The second kappa shape index (κ2) is 7.25. The van der Waals surface area contributed by atoms with Gasteiger partial charge in [-0.05, 0) is 29.3 Å². The molecule has 2 aromatic carbocycles. The van der Waals surface area contributed by atoms with E-state index in [0.29, 0.717) is 12.1 Å². The molecule has 0 spiro atoms. The molecule has 24 heavy (non-hydrogen) atoms. The van der Waals surface area contributed by atoms with E-state index in [1.54, 1.807) is 17.3 Å². The van der Waals surface area contributed by atoms with Gasteiger partial charge in [-0.3, -0.25) is 9.59 Å². The van der Waals surface area contributed by atoms with Crippen LogP contribution in [0.3, 0.4) is 0 Å². The Balaban J connectivity index is 1.55. The number of carbonyl (C=O) groups is 2. The molecule has 1 atom stereocenters. The van der Waals surface area contributed by atoms with Crippen molar-refractivity contribution < 1.29 is 9.59 Å². The fourth-order valence-electron chi connectivity index (χ4n) is 2.89. The van der Waals surface area contributed by atoms with Crippen LogP contribution in [0.25, 0.3) is 10.8 Å². The lowest BCUT2D eigenvalue weighted by Gasteiger charge is -2.20. The number of amides is 2. The lowest BCUT2D eigenvalue weighted by atomic mass is 10.1. The maximum absolute atomic E-state index is 12.2. The summed E-state index contributed by atoms with van der Waals surface area (Å²) in [4.78, 5) is 24.4. The number of hydrazone groups is 1. The molecule has 1 aliphatic heterocycles. The van der Waals surface area contributed by atoms with Crippen LogP contribution in [-0.4, -0.2) is 35.6 Å². The number of nitrogens with zero attached hydrogens (tertiary/aromatic N) is 2. The molecule has 0 saturated carbocycles. The summed E-state index contributed by atoms with van der Waals surface area (Å²) in [5.74, 6) is -0.208. The molecular formula is C19H21N3O2. The SMILES string of the molecule is CCC1CC=NN1C(=O)CCNC(=O)c1ccc2ccccc2c1. The Kier molecular flexibility index (Phi) is 4.89. The molecule has 0 radical (unpaired) electrons. The van der Waals surface area contributed by atoms with Crippen molar-refractivity contribution in [3.05, 3.63) is 48.0 Å². The van der Waals surface area contributed by atoms with Crippen LogP contribution in [0, 0.1) is 0 Å². The normalized spacial score (nSPS) is 16.5. The number of hydrogen-bond donors (Lipinski definition) is 1. The van der Waals surface area contributed by atoms with Gasteiger partial charge in [0.1, 0.15) is 0 Å². The highest BCUT2D eigenvalue weighted by molar-refractivity contribution is 5.98. The summed E-state index contributed by atoms with van der Waals surface area (Å²) in [6, 6.07) is 13.7. The molecule has 1 N–H and O–H groups in total. The number of rotatable bonds is 5. The number of carbonyl (C=O) groups excluding carboxylic acids is 2. The molecule has 1 heterocycles. The topological polar surface area (TPSA) is 61.8 Å². The van der Waals surface area contributed by atoms with Crippen molar-refractivity contribution in [2.45, 2.75) is 32.2 Å². The quantitative estimate of drug-likeness (QED) is 0.919. The fraction of sp³-hybridized carbons (Fsp3) is 0.316. The van der Waals surface area contributed by atoms with Gasteiger partial charge in [0.05, 0.1) is 6.04 Å². The summed E-state index contributed by atoms with van der Waals surface area (Å²) in [5.41, 5.74) is 0.603. The Labute approximate surface area is 141 Å². The van der Waals surface area contributed by atoms with Crippen LogP contribution in [0.1, 0.15) is 36.5 Å². The summed E-state index contributed by atoms with van der Waals surface area (Å²) < 4.78 is 0. The van der Waals surface area contributed by atoms with Crippen LogP contribution in [-0.2, 0) is 4.79 Å². The van der Waals surface area contributed by atoms with E-state index >= 15 is 0 Å². The number of benzene rings is 2. The monoisotopic (exact) mass is 323 g/mol. The minimum absolute atomic E-state index is 0.0468. The van der Waals surface area contributed by atoms with Crippen LogP contribution < -0.4 is 5.32 Å². The summed E-state index contributed by atoms with van der Waals surface area (Å²) in [5, 5.41) is 10.6. The van der Waals surface area contributed by atoms with Crippen LogP contribution in [0.15, 0.2) is 47.6 Å². The third-order valence-electron chi connectivity index (χ3n) is 4.29. The van der Waals surface area contributed by atoms with Crippen molar-refractivity contribution in [2.75, 3.05) is 6.54 Å². The summed E-state index contributed by atoms with van der Waals surface area (Å²) in [6.45, 7) is 2.36. The van der Waals surface area contributed by atoms with Crippen LogP contribution >= 0.6 is 0 Å². The molecule has 2 amide bonds. The maximum Gasteiger partial charge on any atom is 0.251 e. The van der Waals surface area contributed by atoms with Gasteiger partial charge in [-0.2, -0.15) is 5.10 Å². The summed E-state index contributed by atoms with van der Waals surface area (Å²) >= 11 is 0. The zero-order chi connectivity index (χ0) is 16.9. The molecule has 2 aromatic rings.